The number of hydrogen-bond acceptors (Lipinski definition) is 3. The maximum absolute atomic E-state index is 12.2. The second-order valence-electron chi connectivity index (χ2n) is 6.47. The Bertz CT molecular complexity index is 279. The molecule has 1 fully saturated rings. The van der Waals surface area contributed by atoms with Gasteiger partial charge in [-0.05, 0) is 24.7 Å². The van der Waals surface area contributed by atoms with E-state index in [-0.39, 0.29) is 16.7 Å². The fourth-order valence-corrected chi connectivity index (χ4v) is 2.17. The van der Waals surface area contributed by atoms with Crippen LogP contribution in [0.25, 0.3) is 0 Å². The van der Waals surface area contributed by atoms with Gasteiger partial charge in [0.2, 0.25) is 5.91 Å². The monoisotopic (exact) mass is 257 g/mol. The molecule has 1 saturated carbocycles. The van der Waals surface area contributed by atoms with E-state index in [1.165, 1.54) is 0 Å². The molecule has 0 aromatic heterocycles. The average molecular weight is 257 g/mol. The fraction of sp³-hybridized carbons (Fsp3) is 0.929. The van der Waals surface area contributed by atoms with E-state index >= 15 is 0 Å². The lowest BCUT2D eigenvalue weighted by Crippen LogP contribution is -2.49. The van der Waals surface area contributed by atoms with Crippen molar-refractivity contribution in [3.8, 4) is 0 Å². The van der Waals surface area contributed by atoms with Gasteiger partial charge in [-0.15, -0.1) is 0 Å². The summed E-state index contributed by atoms with van der Waals surface area (Å²) >= 11 is 0. The topological polar surface area (TPSA) is 58.6 Å². The molecule has 0 aromatic carbocycles. The molecule has 0 heterocycles. The van der Waals surface area contributed by atoms with Crippen LogP contribution in [0.1, 0.15) is 46.5 Å². The molecule has 1 aliphatic carbocycles. The molecule has 2 N–H and O–H groups in total. The Morgan fingerprint density at radius 1 is 1.44 bits per heavy atom. The number of hydrogen-bond donors (Lipinski definition) is 2. The molecular formula is C14H27NO3. The number of methoxy groups -OCH3 is 1. The molecule has 18 heavy (non-hydrogen) atoms. The summed E-state index contributed by atoms with van der Waals surface area (Å²) in [4.78, 5) is 12.2. The lowest BCUT2D eigenvalue weighted by Gasteiger charge is -2.40. The Hall–Kier alpha value is -0.610. The first-order valence-corrected chi connectivity index (χ1v) is 6.77. The molecule has 0 aromatic rings. The molecule has 0 bridgehead atoms. The highest BCUT2D eigenvalue weighted by Gasteiger charge is 2.43. The van der Waals surface area contributed by atoms with Crippen molar-refractivity contribution >= 4 is 5.91 Å². The van der Waals surface area contributed by atoms with Gasteiger partial charge in [0.25, 0.3) is 0 Å². The predicted octanol–water partition coefficient (Wildman–Crippen LogP) is 1.72. The molecule has 0 radical (unpaired) electrons. The Morgan fingerprint density at radius 2 is 2.06 bits per heavy atom. The lowest BCUT2D eigenvalue weighted by molar-refractivity contribution is -0.138. The van der Waals surface area contributed by atoms with Crippen molar-refractivity contribution in [2.24, 2.45) is 10.8 Å². The van der Waals surface area contributed by atoms with Crippen molar-refractivity contribution in [2.45, 2.75) is 52.6 Å². The Kier molecular flexibility index (Phi) is 5.17. The summed E-state index contributed by atoms with van der Waals surface area (Å²) in [6.07, 6.45) is 3.25. The highest BCUT2D eigenvalue weighted by atomic mass is 16.5. The highest BCUT2D eigenvalue weighted by Crippen LogP contribution is 2.44. The number of nitrogens with one attached hydrogen (secondary N) is 1. The van der Waals surface area contributed by atoms with Crippen molar-refractivity contribution in [3.05, 3.63) is 0 Å². The Morgan fingerprint density at radius 3 is 2.44 bits per heavy atom. The zero-order valence-corrected chi connectivity index (χ0v) is 12.1. The van der Waals surface area contributed by atoms with Crippen LogP contribution in [-0.4, -0.2) is 37.4 Å². The number of aliphatic hydroxyl groups excluding tert-OH is 1. The van der Waals surface area contributed by atoms with Crippen LogP contribution in [0.4, 0.5) is 0 Å². The van der Waals surface area contributed by atoms with Gasteiger partial charge in [-0.3, -0.25) is 4.79 Å². The number of carbonyl (C=O) groups excluding carboxylic acids is 1. The van der Waals surface area contributed by atoms with Gasteiger partial charge in [0.1, 0.15) is 0 Å². The molecule has 0 spiro atoms. The first-order valence-electron chi connectivity index (χ1n) is 6.77. The fourth-order valence-electron chi connectivity index (χ4n) is 2.17. The number of ether oxygens (including phenoxy) is 1. The molecule has 1 atom stereocenters. The molecule has 106 valence electrons. The Labute approximate surface area is 110 Å². The summed E-state index contributed by atoms with van der Waals surface area (Å²) in [5, 5.41) is 12.8. The summed E-state index contributed by atoms with van der Waals surface area (Å²) in [6, 6.07) is 0. The van der Waals surface area contributed by atoms with Crippen molar-refractivity contribution in [2.75, 3.05) is 20.3 Å². The van der Waals surface area contributed by atoms with Crippen LogP contribution in [0.5, 0.6) is 0 Å². The molecule has 0 saturated heterocycles. The molecule has 1 amide bonds. The second kappa shape index (κ2) is 6.02. The molecular weight excluding hydrogens is 230 g/mol. The largest absolute Gasteiger partial charge is 0.391 e. The highest BCUT2D eigenvalue weighted by molar-refractivity contribution is 5.83. The van der Waals surface area contributed by atoms with Gasteiger partial charge in [0.05, 0.1) is 11.5 Å². The molecule has 1 rings (SSSR count). The van der Waals surface area contributed by atoms with Gasteiger partial charge >= 0.3 is 0 Å². The number of rotatable bonds is 6. The quantitative estimate of drug-likeness (QED) is 0.761. The summed E-state index contributed by atoms with van der Waals surface area (Å²) in [5.74, 6) is 0.0779. The number of carbonyl (C=O) groups is 1. The van der Waals surface area contributed by atoms with E-state index in [1.807, 2.05) is 20.8 Å². The van der Waals surface area contributed by atoms with Crippen LogP contribution < -0.4 is 5.32 Å². The zero-order chi connectivity index (χ0) is 13.8. The van der Waals surface area contributed by atoms with E-state index in [9.17, 15) is 9.90 Å². The molecule has 1 aliphatic rings. The first-order chi connectivity index (χ1) is 8.32. The SMILES string of the molecule is COCCC1(C(=O)NCC(O)C(C)(C)C)CCC1. The van der Waals surface area contributed by atoms with Crippen LogP contribution in [0.15, 0.2) is 0 Å². The third kappa shape index (κ3) is 3.69. The van der Waals surface area contributed by atoms with E-state index in [4.69, 9.17) is 4.74 Å². The minimum atomic E-state index is -0.513. The smallest absolute Gasteiger partial charge is 0.226 e. The van der Waals surface area contributed by atoms with E-state index in [0.29, 0.717) is 13.2 Å². The van der Waals surface area contributed by atoms with E-state index in [2.05, 4.69) is 5.32 Å². The van der Waals surface area contributed by atoms with Crippen molar-refractivity contribution in [3.63, 3.8) is 0 Å². The van der Waals surface area contributed by atoms with Gasteiger partial charge < -0.3 is 15.2 Å². The summed E-state index contributed by atoms with van der Waals surface area (Å²) < 4.78 is 5.07. The predicted molar refractivity (Wildman–Crippen MR) is 71.2 cm³/mol. The molecule has 0 aliphatic heterocycles. The number of aliphatic hydroxyl groups is 1. The summed E-state index contributed by atoms with van der Waals surface area (Å²) in [6.45, 7) is 6.85. The van der Waals surface area contributed by atoms with E-state index in [0.717, 1.165) is 25.7 Å². The summed E-state index contributed by atoms with van der Waals surface area (Å²) in [7, 11) is 1.66. The van der Waals surface area contributed by atoms with Crippen LogP contribution in [0, 0.1) is 10.8 Å². The number of amides is 1. The molecule has 4 nitrogen and oxygen atoms in total. The van der Waals surface area contributed by atoms with Crippen molar-refractivity contribution < 1.29 is 14.6 Å². The van der Waals surface area contributed by atoms with E-state index in [1.54, 1.807) is 7.11 Å². The van der Waals surface area contributed by atoms with Gasteiger partial charge in [-0.25, -0.2) is 0 Å². The zero-order valence-electron chi connectivity index (χ0n) is 12.1. The minimum absolute atomic E-state index is 0.0779. The normalized spacial score (nSPS) is 20.1. The van der Waals surface area contributed by atoms with Crippen LogP contribution in [-0.2, 0) is 9.53 Å². The maximum atomic E-state index is 12.2. The molecule has 1 unspecified atom stereocenters. The van der Waals surface area contributed by atoms with Gasteiger partial charge in [-0.2, -0.15) is 0 Å². The maximum Gasteiger partial charge on any atom is 0.226 e. The standard InChI is InChI=1S/C14H27NO3/c1-13(2,3)11(16)10-15-12(17)14(6-5-7-14)8-9-18-4/h11,16H,5-10H2,1-4H3,(H,15,17). The van der Waals surface area contributed by atoms with Gasteiger partial charge in [0.15, 0.2) is 0 Å². The van der Waals surface area contributed by atoms with Crippen molar-refractivity contribution in [1.29, 1.82) is 0 Å². The van der Waals surface area contributed by atoms with Crippen LogP contribution in [0.2, 0.25) is 0 Å². The van der Waals surface area contributed by atoms with Gasteiger partial charge in [-0.1, -0.05) is 27.2 Å². The van der Waals surface area contributed by atoms with Crippen LogP contribution in [0.3, 0.4) is 0 Å². The third-order valence-corrected chi connectivity index (χ3v) is 4.03. The minimum Gasteiger partial charge on any atom is -0.391 e. The molecule has 4 heteroatoms. The first kappa shape index (κ1) is 15.4. The van der Waals surface area contributed by atoms with Crippen LogP contribution >= 0.6 is 0 Å². The second-order valence-corrected chi connectivity index (χ2v) is 6.47. The third-order valence-electron chi connectivity index (χ3n) is 4.03. The summed E-state index contributed by atoms with van der Waals surface area (Å²) in [5.41, 5.74) is -0.444. The van der Waals surface area contributed by atoms with Gasteiger partial charge in [0, 0.05) is 20.3 Å². The van der Waals surface area contributed by atoms with Crippen molar-refractivity contribution in [1.82, 2.24) is 5.32 Å². The lowest BCUT2D eigenvalue weighted by atomic mass is 9.66. The van der Waals surface area contributed by atoms with E-state index < -0.39 is 6.10 Å². The average Bonchev–Trinajstić information content (AvgIpc) is 2.23. The Balaban J connectivity index is 2.44.